The van der Waals surface area contributed by atoms with E-state index in [1.54, 1.807) is 13.2 Å². The van der Waals surface area contributed by atoms with Gasteiger partial charge in [0.25, 0.3) is 5.91 Å². The average Bonchev–Trinajstić information content (AvgIpc) is 2.63. The van der Waals surface area contributed by atoms with E-state index in [-0.39, 0.29) is 18.1 Å². The SMILES string of the molecule is COc1cc(C(=O)NC2CCN(C3CCCCC3O)CC2)ccc1C. The van der Waals surface area contributed by atoms with E-state index < -0.39 is 0 Å². The van der Waals surface area contributed by atoms with Gasteiger partial charge in [0.05, 0.1) is 13.2 Å². The number of methoxy groups -OCH3 is 1. The second kappa shape index (κ2) is 8.19. The molecule has 1 aromatic rings. The van der Waals surface area contributed by atoms with Crippen LogP contribution in [-0.2, 0) is 0 Å². The van der Waals surface area contributed by atoms with Crippen molar-refractivity contribution in [2.24, 2.45) is 0 Å². The summed E-state index contributed by atoms with van der Waals surface area (Å²) in [6.45, 7) is 3.86. The first-order chi connectivity index (χ1) is 12.1. The molecular weight excluding hydrogens is 316 g/mol. The number of ether oxygens (including phenoxy) is 1. The highest BCUT2D eigenvalue weighted by Crippen LogP contribution is 2.26. The lowest BCUT2D eigenvalue weighted by atomic mass is 9.89. The summed E-state index contributed by atoms with van der Waals surface area (Å²) < 4.78 is 5.31. The molecule has 25 heavy (non-hydrogen) atoms. The fraction of sp³-hybridized carbons (Fsp3) is 0.650. The number of aliphatic hydroxyl groups is 1. The highest BCUT2D eigenvalue weighted by Gasteiger charge is 2.31. The Hall–Kier alpha value is -1.59. The van der Waals surface area contributed by atoms with E-state index in [0.717, 1.165) is 56.5 Å². The topological polar surface area (TPSA) is 61.8 Å². The molecule has 0 bridgehead atoms. The molecule has 1 aliphatic carbocycles. The summed E-state index contributed by atoms with van der Waals surface area (Å²) in [5.41, 5.74) is 1.67. The van der Waals surface area contributed by atoms with Gasteiger partial charge in [0.15, 0.2) is 0 Å². The number of carbonyl (C=O) groups is 1. The molecule has 2 atom stereocenters. The molecular formula is C20H30N2O3. The van der Waals surface area contributed by atoms with E-state index in [4.69, 9.17) is 4.74 Å². The van der Waals surface area contributed by atoms with Gasteiger partial charge in [0, 0.05) is 30.7 Å². The van der Waals surface area contributed by atoms with Gasteiger partial charge in [-0.2, -0.15) is 0 Å². The van der Waals surface area contributed by atoms with E-state index in [1.807, 2.05) is 19.1 Å². The van der Waals surface area contributed by atoms with Crippen molar-refractivity contribution in [2.45, 2.75) is 63.6 Å². The van der Waals surface area contributed by atoms with Crippen molar-refractivity contribution < 1.29 is 14.6 Å². The number of nitrogens with one attached hydrogen (secondary N) is 1. The molecule has 1 saturated carbocycles. The first-order valence-corrected chi connectivity index (χ1v) is 9.46. The average molecular weight is 346 g/mol. The van der Waals surface area contributed by atoms with Crippen LogP contribution in [0.25, 0.3) is 0 Å². The smallest absolute Gasteiger partial charge is 0.251 e. The third kappa shape index (κ3) is 4.33. The second-order valence-electron chi connectivity index (χ2n) is 7.39. The molecule has 1 heterocycles. The molecule has 1 aromatic carbocycles. The van der Waals surface area contributed by atoms with Gasteiger partial charge in [0.1, 0.15) is 5.75 Å². The number of amides is 1. The lowest BCUT2D eigenvalue weighted by Gasteiger charge is -2.41. The van der Waals surface area contributed by atoms with Gasteiger partial charge in [-0.1, -0.05) is 18.9 Å². The molecule has 2 N–H and O–H groups in total. The quantitative estimate of drug-likeness (QED) is 0.879. The zero-order valence-corrected chi connectivity index (χ0v) is 15.3. The van der Waals surface area contributed by atoms with Crippen LogP contribution in [0.15, 0.2) is 18.2 Å². The fourth-order valence-corrected chi connectivity index (χ4v) is 4.12. The van der Waals surface area contributed by atoms with Crippen LogP contribution in [0.4, 0.5) is 0 Å². The molecule has 3 rings (SSSR count). The summed E-state index contributed by atoms with van der Waals surface area (Å²) in [6.07, 6.45) is 6.09. The van der Waals surface area contributed by atoms with Gasteiger partial charge in [-0.05, 0) is 50.3 Å². The predicted molar refractivity (Wildman–Crippen MR) is 98.1 cm³/mol. The highest BCUT2D eigenvalue weighted by atomic mass is 16.5. The summed E-state index contributed by atoms with van der Waals surface area (Å²) in [6, 6.07) is 6.09. The van der Waals surface area contributed by atoms with E-state index in [0.29, 0.717) is 11.6 Å². The molecule has 2 unspecified atom stereocenters. The predicted octanol–water partition coefficient (Wildman–Crippen LogP) is 2.50. The molecule has 2 aliphatic rings. The zero-order chi connectivity index (χ0) is 17.8. The Balaban J connectivity index is 1.52. The number of benzene rings is 1. The lowest BCUT2D eigenvalue weighted by Crippen LogP contribution is -2.52. The van der Waals surface area contributed by atoms with Crippen LogP contribution < -0.4 is 10.1 Å². The minimum Gasteiger partial charge on any atom is -0.496 e. The maximum Gasteiger partial charge on any atom is 0.251 e. The summed E-state index contributed by atoms with van der Waals surface area (Å²) in [4.78, 5) is 14.9. The Morgan fingerprint density at radius 1 is 1.20 bits per heavy atom. The second-order valence-corrected chi connectivity index (χ2v) is 7.39. The molecule has 5 heteroatoms. The number of carbonyl (C=O) groups excluding carboxylic acids is 1. The summed E-state index contributed by atoms with van der Waals surface area (Å²) in [5, 5.41) is 13.4. The summed E-state index contributed by atoms with van der Waals surface area (Å²) in [5.74, 6) is 0.711. The summed E-state index contributed by atoms with van der Waals surface area (Å²) in [7, 11) is 1.62. The molecule has 0 spiro atoms. The van der Waals surface area contributed by atoms with Gasteiger partial charge < -0.3 is 15.2 Å². The van der Waals surface area contributed by atoms with Crippen LogP contribution in [0.5, 0.6) is 5.75 Å². The first-order valence-electron chi connectivity index (χ1n) is 9.46. The monoisotopic (exact) mass is 346 g/mol. The maximum atomic E-state index is 12.5. The van der Waals surface area contributed by atoms with Crippen molar-refractivity contribution in [1.29, 1.82) is 0 Å². The highest BCUT2D eigenvalue weighted by molar-refractivity contribution is 5.94. The number of hydrogen-bond acceptors (Lipinski definition) is 4. The van der Waals surface area contributed by atoms with Crippen molar-refractivity contribution in [3.05, 3.63) is 29.3 Å². The zero-order valence-electron chi connectivity index (χ0n) is 15.3. The van der Waals surface area contributed by atoms with Crippen molar-refractivity contribution in [3.63, 3.8) is 0 Å². The van der Waals surface area contributed by atoms with Gasteiger partial charge in [0.2, 0.25) is 0 Å². The molecule has 0 aromatic heterocycles. The fourth-order valence-electron chi connectivity index (χ4n) is 4.12. The van der Waals surface area contributed by atoms with Crippen LogP contribution in [0.2, 0.25) is 0 Å². The van der Waals surface area contributed by atoms with E-state index in [9.17, 15) is 9.90 Å². The molecule has 5 nitrogen and oxygen atoms in total. The Labute approximate surface area is 150 Å². The summed E-state index contributed by atoms with van der Waals surface area (Å²) >= 11 is 0. The minimum atomic E-state index is -0.181. The first kappa shape index (κ1) is 18.2. The van der Waals surface area contributed by atoms with Crippen LogP contribution >= 0.6 is 0 Å². The Morgan fingerprint density at radius 2 is 1.92 bits per heavy atom. The number of likely N-dealkylation sites (tertiary alicyclic amines) is 1. The van der Waals surface area contributed by atoms with E-state index in [2.05, 4.69) is 10.2 Å². The number of hydrogen-bond donors (Lipinski definition) is 2. The lowest BCUT2D eigenvalue weighted by molar-refractivity contribution is 0.00727. The van der Waals surface area contributed by atoms with Gasteiger partial charge in [-0.25, -0.2) is 0 Å². The Kier molecular flexibility index (Phi) is 5.97. The van der Waals surface area contributed by atoms with Crippen LogP contribution in [0, 0.1) is 6.92 Å². The number of rotatable bonds is 4. The van der Waals surface area contributed by atoms with Crippen molar-refractivity contribution in [2.75, 3.05) is 20.2 Å². The molecule has 138 valence electrons. The Bertz CT molecular complexity index is 597. The van der Waals surface area contributed by atoms with Gasteiger partial charge in [-0.15, -0.1) is 0 Å². The minimum absolute atomic E-state index is 0.0329. The van der Waals surface area contributed by atoms with Crippen molar-refractivity contribution in [1.82, 2.24) is 10.2 Å². The Morgan fingerprint density at radius 3 is 2.60 bits per heavy atom. The van der Waals surface area contributed by atoms with Gasteiger partial charge in [-0.3, -0.25) is 9.69 Å². The number of aryl methyl sites for hydroxylation is 1. The number of nitrogens with zero attached hydrogens (tertiary/aromatic N) is 1. The molecule has 0 radical (unpaired) electrons. The van der Waals surface area contributed by atoms with Crippen molar-refractivity contribution >= 4 is 5.91 Å². The van der Waals surface area contributed by atoms with E-state index in [1.165, 1.54) is 6.42 Å². The van der Waals surface area contributed by atoms with Gasteiger partial charge >= 0.3 is 0 Å². The van der Waals surface area contributed by atoms with E-state index >= 15 is 0 Å². The standard InChI is InChI=1S/C20H30N2O3/c1-14-7-8-15(13-19(14)25-2)20(24)21-16-9-11-22(12-10-16)17-5-3-4-6-18(17)23/h7-8,13,16-18,23H,3-6,9-12H2,1-2H3,(H,21,24). The van der Waals surface area contributed by atoms with Crippen molar-refractivity contribution in [3.8, 4) is 5.75 Å². The number of piperidine rings is 1. The van der Waals surface area contributed by atoms with Crippen LogP contribution in [0.1, 0.15) is 54.4 Å². The molecule has 1 aliphatic heterocycles. The molecule has 2 fully saturated rings. The third-order valence-corrected chi connectivity index (χ3v) is 5.70. The largest absolute Gasteiger partial charge is 0.496 e. The molecule has 1 saturated heterocycles. The molecule has 1 amide bonds. The van der Waals surface area contributed by atoms with Crippen LogP contribution in [0.3, 0.4) is 0 Å². The van der Waals surface area contributed by atoms with Crippen LogP contribution in [-0.4, -0.2) is 54.3 Å². The number of aliphatic hydroxyl groups excluding tert-OH is 1. The normalized spacial score (nSPS) is 25.6. The maximum absolute atomic E-state index is 12.5. The third-order valence-electron chi connectivity index (χ3n) is 5.70.